The summed E-state index contributed by atoms with van der Waals surface area (Å²) in [5.74, 6) is -0.0271. The van der Waals surface area contributed by atoms with Gasteiger partial charge in [0.25, 0.3) is 0 Å². The number of ketones is 1. The Morgan fingerprint density at radius 2 is 2.17 bits per heavy atom. The predicted octanol–water partition coefficient (Wildman–Crippen LogP) is 3.69. The summed E-state index contributed by atoms with van der Waals surface area (Å²) < 4.78 is 17.1. The topological polar surface area (TPSA) is 43.4 Å². The number of rotatable bonds is 6. The van der Waals surface area contributed by atoms with Gasteiger partial charge in [-0.25, -0.2) is 0 Å². The number of ether oxygens (including phenoxy) is 1. The minimum atomic E-state index is -1.34. The van der Waals surface area contributed by atoms with E-state index < -0.39 is 21.6 Å². The normalized spacial score (nSPS) is 14.8. The Balaban J connectivity index is 0. The van der Waals surface area contributed by atoms with Crippen molar-refractivity contribution in [3.63, 3.8) is 0 Å². The predicted molar refractivity (Wildman–Crippen MR) is 79.9 cm³/mol. The third kappa shape index (κ3) is 5.61. The molecular weight excluding hydrogens is 292 g/mol. The van der Waals surface area contributed by atoms with E-state index in [0.29, 0.717) is 4.21 Å². The van der Waals surface area contributed by atoms with Crippen molar-refractivity contribution in [3.05, 3.63) is 17.5 Å². The van der Waals surface area contributed by atoms with Crippen LogP contribution in [0.5, 0.6) is 0 Å². The molecule has 0 aliphatic heterocycles. The first kappa shape index (κ1) is 20.1. The summed E-state index contributed by atoms with van der Waals surface area (Å²) in [6, 6.07) is 3.57. The molecule has 0 radical (unpaired) electrons. The van der Waals surface area contributed by atoms with Gasteiger partial charge in [-0.2, -0.15) is 0 Å². The molecule has 0 fully saturated rings. The number of thiophene rings is 1. The Hall–Kier alpha value is -0.230. The Morgan fingerprint density at radius 3 is 2.56 bits per heavy atom. The van der Waals surface area contributed by atoms with E-state index in [-0.39, 0.29) is 27.1 Å². The van der Waals surface area contributed by atoms with Gasteiger partial charge >= 0.3 is 0 Å². The molecule has 0 amide bonds. The smallest absolute Gasteiger partial charge is 0.140 e. The van der Waals surface area contributed by atoms with E-state index in [4.69, 9.17) is 16.3 Å². The van der Waals surface area contributed by atoms with Gasteiger partial charge in [-0.1, -0.05) is 20.9 Å². The number of methoxy groups -OCH3 is 1. The fraction of sp³-hybridized carbons (Fsp3) is 0.583. The molecule has 3 atom stereocenters. The number of carbonyl (C=O) groups is 1. The van der Waals surface area contributed by atoms with Crippen LogP contribution < -0.4 is 0 Å². The molecule has 3 unspecified atom stereocenters. The van der Waals surface area contributed by atoms with Crippen molar-refractivity contribution >= 4 is 39.5 Å². The van der Waals surface area contributed by atoms with Crippen LogP contribution in [0, 0.1) is 0 Å². The highest BCUT2D eigenvalue weighted by Crippen LogP contribution is 2.24. The van der Waals surface area contributed by atoms with Gasteiger partial charge in [0.1, 0.15) is 10.5 Å². The molecule has 6 heteroatoms. The molecule has 1 aromatic heterocycles. The maximum atomic E-state index is 12.0. The van der Waals surface area contributed by atoms with Crippen LogP contribution in [-0.2, 0) is 20.3 Å². The number of hydrogen-bond acceptors (Lipinski definition) is 4. The van der Waals surface area contributed by atoms with Gasteiger partial charge in [-0.05, 0) is 18.4 Å². The van der Waals surface area contributed by atoms with Gasteiger partial charge in [0, 0.05) is 13.5 Å². The third-order valence-electron chi connectivity index (χ3n) is 1.98. The molecule has 0 aliphatic carbocycles. The third-order valence-corrected chi connectivity index (χ3v) is 5.44. The Kier molecular flexibility index (Phi) is 10.8. The van der Waals surface area contributed by atoms with Gasteiger partial charge in [-0.3, -0.25) is 9.00 Å². The van der Waals surface area contributed by atoms with Gasteiger partial charge in [0.2, 0.25) is 0 Å². The van der Waals surface area contributed by atoms with E-state index in [1.807, 2.05) is 11.4 Å². The summed E-state index contributed by atoms with van der Waals surface area (Å²) in [4.78, 5) is 11.0. The molecule has 0 aliphatic rings. The molecule has 18 heavy (non-hydrogen) atoms. The lowest BCUT2D eigenvalue weighted by Crippen LogP contribution is -2.29. The first-order chi connectivity index (χ1) is 7.56. The van der Waals surface area contributed by atoms with E-state index in [9.17, 15) is 9.00 Å². The molecule has 1 heterocycles. The van der Waals surface area contributed by atoms with Gasteiger partial charge in [0.05, 0.1) is 21.1 Å². The van der Waals surface area contributed by atoms with E-state index in [1.165, 1.54) is 25.4 Å². The molecule has 106 valence electrons. The largest absolute Gasteiger partial charge is 0.378 e. The fourth-order valence-corrected chi connectivity index (χ4v) is 4.05. The maximum Gasteiger partial charge on any atom is 0.140 e. The summed E-state index contributed by atoms with van der Waals surface area (Å²) in [6.07, 6.45) is -0.330. The highest BCUT2D eigenvalue weighted by molar-refractivity contribution is 7.89. The lowest BCUT2D eigenvalue weighted by atomic mass is 10.2. The Morgan fingerprint density at radius 1 is 1.56 bits per heavy atom. The van der Waals surface area contributed by atoms with Crippen molar-refractivity contribution in [3.8, 4) is 0 Å². The second-order valence-corrected chi connectivity index (χ2v) is 6.74. The Bertz CT molecular complexity index is 365. The summed E-state index contributed by atoms with van der Waals surface area (Å²) in [6.45, 7) is 1.46. The van der Waals surface area contributed by atoms with Crippen molar-refractivity contribution in [2.75, 3.05) is 7.11 Å². The summed E-state index contributed by atoms with van der Waals surface area (Å²) >= 11 is 7.44. The highest BCUT2D eigenvalue weighted by atomic mass is 35.5. The zero-order valence-electron chi connectivity index (χ0n) is 9.01. The first-order valence-corrected chi connectivity index (χ1v) is 7.19. The highest BCUT2D eigenvalue weighted by Gasteiger charge is 2.27. The van der Waals surface area contributed by atoms with Crippen LogP contribution in [0.15, 0.2) is 21.7 Å². The lowest BCUT2D eigenvalue weighted by molar-refractivity contribution is -0.119. The standard InChI is InChI=1S/C10H13ClO3S2.2CH4/c1-7(12)6-8(14-2)10(11)16(13)9-4-3-5-15-9;;/h3-5,8,10H,6H2,1-2H3;2*1H4. The number of halogens is 1. The second kappa shape index (κ2) is 9.67. The molecule has 0 N–H and O–H groups in total. The van der Waals surface area contributed by atoms with E-state index in [2.05, 4.69) is 0 Å². The fourth-order valence-electron chi connectivity index (χ4n) is 1.19. The van der Waals surface area contributed by atoms with Crippen molar-refractivity contribution in [2.24, 2.45) is 0 Å². The van der Waals surface area contributed by atoms with Crippen molar-refractivity contribution < 1.29 is 13.7 Å². The number of hydrogen-bond donors (Lipinski definition) is 0. The maximum absolute atomic E-state index is 12.0. The molecule has 1 rings (SSSR count). The van der Waals surface area contributed by atoms with Crippen LogP contribution in [-0.4, -0.2) is 27.9 Å². The molecular formula is C12H21ClO3S2. The monoisotopic (exact) mass is 312 g/mol. The molecule has 0 spiro atoms. The molecule has 3 nitrogen and oxygen atoms in total. The summed E-state index contributed by atoms with van der Waals surface area (Å²) in [5, 5.41) is 1.84. The molecule has 1 aromatic rings. The molecule has 0 saturated carbocycles. The van der Waals surface area contributed by atoms with Crippen molar-refractivity contribution in [2.45, 2.75) is 43.2 Å². The van der Waals surface area contributed by atoms with Crippen LogP contribution in [0.4, 0.5) is 0 Å². The number of Topliss-reactive ketones (excluding diaryl/α,β-unsaturated/α-hetero) is 1. The summed E-state index contributed by atoms with van der Waals surface area (Å²) in [7, 11) is 0.130. The average molecular weight is 313 g/mol. The Labute approximate surface area is 121 Å². The van der Waals surface area contributed by atoms with Gasteiger partial charge in [0.15, 0.2) is 0 Å². The van der Waals surface area contributed by atoms with Crippen LogP contribution in [0.3, 0.4) is 0 Å². The number of alkyl halides is 1. The van der Waals surface area contributed by atoms with Crippen LogP contribution in [0.1, 0.15) is 28.2 Å². The van der Waals surface area contributed by atoms with Gasteiger partial charge < -0.3 is 4.74 Å². The summed E-state index contributed by atoms with van der Waals surface area (Å²) in [5.41, 5.74) is 0. The zero-order chi connectivity index (χ0) is 12.1. The number of carbonyl (C=O) groups excluding carboxylic acids is 1. The quantitative estimate of drug-likeness (QED) is 0.752. The van der Waals surface area contributed by atoms with Crippen LogP contribution in [0.25, 0.3) is 0 Å². The van der Waals surface area contributed by atoms with Crippen LogP contribution in [0.2, 0.25) is 0 Å². The minimum Gasteiger partial charge on any atom is -0.378 e. The molecule has 0 saturated heterocycles. The van der Waals surface area contributed by atoms with Crippen LogP contribution >= 0.6 is 22.9 Å². The van der Waals surface area contributed by atoms with E-state index in [1.54, 1.807) is 6.07 Å². The van der Waals surface area contributed by atoms with Crippen molar-refractivity contribution in [1.29, 1.82) is 0 Å². The zero-order valence-corrected chi connectivity index (χ0v) is 11.4. The SMILES string of the molecule is C.C.COC(CC(C)=O)C(Cl)S(=O)c1cccs1. The molecule has 0 aromatic carbocycles. The molecule has 0 bridgehead atoms. The second-order valence-electron chi connectivity index (χ2n) is 3.26. The first-order valence-electron chi connectivity index (χ1n) is 4.66. The van der Waals surface area contributed by atoms with E-state index in [0.717, 1.165) is 0 Å². The minimum absolute atomic E-state index is 0. The lowest BCUT2D eigenvalue weighted by Gasteiger charge is -2.18. The van der Waals surface area contributed by atoms with Crippen molar-refractivity contribution in [1.82, 2.24) is 0 Å². The average Bonchev–Trinajstić information content (AvgIpc) is 2.76. The van der Waals surface area contributed by atoms with E-state index >= 15 is 0 Å². The van der Waals surface area contributed by atoms with Gasteiger partial charge in [-0.15, -0.1) is 22.9 Å².